The fourth-order valence-electron chi connectivity index (χ4n) is 1.32. The van der Waals surface area contributed by atoms with Crippen molar-refractivity contribution in [3.05, 3.63) is 57.5 Å². The van der Waals surface area contributed by atoms with Crippen LogP contribution in [0, 0.1) is 5.82 Å². The van der Waals surface area contributed by atoms with Crippen molar-refractivity contribution in [2.24, 2.45) is 0 Å². The van der Waals surface area contributed by atoms with Crippen molar-refractivity contribution in [3.63, 3.8) is 0 Å². The molecule has 0 saturated heterocycles. The number of carbonyl (C=O) groups is 1. The van der Waals surface area contributed by atoms with Gasteiger partial charge in [0, 0.05) is 24.0 Å². The molecule has 0 aliphatic heterocycles. The molecule has 0 spiro atoms. The molecule has 1 N–H and O–H groups in total. The van der Waals surface area contributed by atoms with Crippen molar-refractivity contribution in [1.29, 1.82) is 0 Å². The molecular weight excluding hydrogens is 323 g/mol. The van der Waals surface area contributed by atoms with Crippen LogP contribution in [0.15, 0.2) is 41.1 Å². The Hall–Kier alpha value is -1.46. The predicted octanol–water partition coefficient (Wildman–Crippen LogP) is 3.89. The van der Waals surface area contributed by atoms with Gasteiger partial charge in [-0.25, -0.2) is 4.39 Å². The molecule has 0 radical (unpaired) electrons. The Labute approximate surface area is 116 Å². The van der Waals surface area contributed by atoms with E-state index < -0.39 is 5.82 Å². The van der Waals surface area contributed by atoms with E-state index in [0.717, 1.165) is 6.07 Å². The largest absolute Gasteiger partial charge is 0.321 e. The Balaban J connectivity index is 2.25. The molecule has 6 heteroatoms. The molecule has 2 rings (SSSR count). The second kappa shape index (κ2) is 5.46. The number of amides is 1. The van der Waals surface area contributed by atoms with E-state index >= 15 is 0 Å². The molecule has 1 amide bonds. The van der Waals surface area contributed by atoms with Crippen molar-refractivity contribution in [2.45, 2.75) is 0 Å². The number of anilines is 1. The van der Waals surface area contributed by atoms with Crippen molar-refractivity contribution >= 4 is 39.1 Å². The summed E-state index contributed by atoms with van der Waals surface area (Å²) < 4.78 is 13.6. The Morgan fingerprint density at radius 1 is 1.33 bits per heavy atom. The highest BCUT2D eigenvalue weighted by atomic mass is 79.9. The maximum absolute atomic E-state index is 13.3. The summed E-state index contributed by atoms with van der Waals surface area (Å²) in [6.07, 6.45) is 3.00. The normalized spacial score (nSPS) is 10.2. The SMILES string of the molecule is O=C(Nc1cc(F)c(Br)cc1Cl)c1ccncc1. The molecule has 0 aliphatic rings. The maximum atomic E-state index is 13.3. The molecular formula is C12H7BrClFN2O. The van der Waals surface area contributed by atoms with Gasteiger partial charge in [-0.05, 0) is 34.1 Å². The Morgan fingerprint density at radius 2 is 2.00 bits per heavy atom. The smallest absolute Gasteiger partial charge is 0.255 e. The van der Waals surface area contributed by atoms with Crippen LogP contribution in [0.4, 0.5) is 10.1 Å². The number of hydrogen-bond acceptors (Lipinski definition) is 2. The Kier molecular flexibility index (Phi) is 3.93. The minimum atomic E-state index is -0.496. The van der Waals surface area contributed by atoms with Crippen LogP contribution in [0.1, 0.15) is 10.4 Å². The standard InChI is InChI=1S/C12H7BrClFN2O/c13-8-5-9(14)11(6-10(8)15)17-12(18)7-1-3-16-4-2-7/h1-6H,(H,17,18). The maximum Gasteiger partial charge on any atom is 0.255 e. The summed E-state index contributed by atoms with van der Waals surface area (Å²) in [4.78, 5) is 15.6. The molecule has 2 aromatic rings. The fourth-order valence-corrected chi connectivity index (χ4v) is 2.00. The molecule has 18 heavy (non-hydrogen) atoms. The second-order valence-electron chi connectivity index (χ2n) is 3.44. The molecule has 0 saturated carbocycles. The number of nitrogens with zero attached hydrogens (tertiary/aromatic N) is 1. The number of aromatic nitrogens is 1. The van der Waals surface area contributed by atoms with Gasteiger partial charge in [0.1, 0.15) is 5.82 Å². The van der Waals surface area contributed by atoms with Crippen LogP contribution >= 0.6 is 27.5 Å². The van der Waals surface area contributed by atoms with E-state index in [1.165, 1.54) is 18.5 Å². The second-order valence-corrected chi connectivity index (χ2v) is 4.70. The third kappa shape index (κ3) is 2.86. The van der Waals surface area contributed by atoms with E-state index in [0.29, 0.717) is 5.56 Å². The van der Waals surface area contributed by atoms with Gasteiger partial charge >= 0.3 is 0 Å². The first-order valence-corrected chi connectivity index (χ1v) is 6.11. The lowest BCUT2D eigenvalue weighted by atomic mass is 10.2. The predicted molar refractivity (Wildman–Crippen MR) is 71.3 cm³/mol. The van der Waals surface area contributed by atoms with Crippen molar-refractivity contribution in [1.82, 2.24) is 4.98 Å². The van der Waals surface area contributed by atoms with Crippen molar-refractivity contribution in [2.75, 3.05) is 5.32 Å². The Morgan fingerprint density at radius 3 is 2.67 bits per heavy atom. The topological polar surface area (TPSA) is 42.0 Å². The summed E-state index contributed by atoms with van der Waals surface area (Å²) in [6.45, 7) is 0. The quantitative estimate of drug-likeness (QED) is 0.849. The number of nitrogens with one attached hydrogen (secondary N) is 1. The van der Waals surface area contributed by atoms with E-state index in [1.54, 1.807) is 12.1 Å². The highest BCUT2D eigenvalue weighted by Crippen LogP contribution is 2.28. The van der Waals surface area contributed by atoms with Crippen LogP contribution in [-0.2, 0) is 0 Å². The number of hydrogen-bond donors (Lipinski definition) is 1. The summed E-state index contributed by atoms with van der Waals surface area (Å²) in [7, 11) is 0. The molecule has 3 nitrogen and oxygen atoms in total. The Bertz CT molecular complexity index is 592. The molecule has 1 aromatic heterocycles. The van der Waals surface area contributed by atoms with E-state index in [4.69, 9.17) is 11.6 Å². The van der Waals surface area contributed by atoms with Gasteiger partial charge in [-0.2, -0.15) is 0 Å². The van der Waals surface area contributed by atoms with Crippen LogP contribution < -0.4 is 5.32 Å². The molecule has 0 fully saturated rings. The zero-order valence-corrected chi connectivity index (χ0v) is 11.3. The average molecular weight is 330 g/mol. The molecule has 0 atom stereocenters. The summed E-state index contributed by atoms with van der Waals surface area (Å²) in [6, 6.07) is 5.65. The van der Waals surface area contributed by atoms with Gasteiger partial charge in [-0.15, -0.1) is 0 Å². The number of pyridine rings is 1. The van der Waals surface area contributed by atoms with Gasteiger partial charge in [-0.1, -0.05) is 11.6 Å². The van der Waals surface area contributed by atoms with Crippen LogP contribution in [0.5, 0.6) is 0 Å². The van der Waals surface area contributed by atoms with Crippen molar-refractivity contribution in [3.8, 4) is 0 Å². The third-order valence-electron chi connectivity index (χ3n) is 2.20. The zero-order valence-electron chi connectivity index (χ0n) is 8.95. The number of benzene rings is 1. The molecule has 0 unspecified atom stereocenters. The van der Waals surface area contributed by atoms with E-state index in [2.05, 4.69) is 26.2 Å². The lowest BCUT2D eigenvalue weighted by Crippen LogP contribution is -2.12. The molecule has 0 bridgehead atoms. The van der Waals surface area contributed by atoms with Crippen molar-refractivity contribution < 1.29 is 9.18 Å². The zero-order chi connectivity index (χ0) is 13.1. The van der Waals surface area contributed by atoms with Crippen LogP contribution in [0.3, 0.4) is 0 Å². The van der Waals surface area contributed by atoms with Gasteiger partial charge in [0.15, 0.2) is 0 Å². The number of halogens is 3. The van der Waals surface area contributed by atoms with Gasteiger partial charge in [0.2, 0.25) is 0 Å². The van der Waals surface area contributed by atoms with Crippen LogP contribution in [-0.4, -0.2) is 10.9 Å². The first-order chi connectivity index (χ1) is 8.58. The summed E-state index contributed by atoms with van der Waals surface area (Å²) in [5, 5.41) is 2.79. The lowest BCUT2D eigenvalue weighted by Gasteiger charge is -2.08. The first kappa shape index (κ1) is 13.0. The molecule has 1 heterocycles. The molecule has 1 aromatic carbocycles. The minimum absolute atomic E-state index is 0.221. The van der Waals surface area contributed by atoms with E-state index in [-0.39, 0.29) is 21.1 Å². The first-order valence-electron chi connectivity index (χ1n) is 4.94. The molecule has 92 valence electrons. The highest BCUT2D eigenvalue weighted by Gasteiger charge is 2.11. The summed E-state index contributed by atoms with van der Waals surface area (Å²) in [5.74, 6) is -0.870. The molecule has 0 aliphatic carbocycles. The number of carbonyl (C=O) groups excluding carboxylic acids is 1. The van der Waals surface area contributed by atoms with Crippen LogP contribution in [0.2, 0.25) is 5.02 Å². The third-order valence-corrected chi connectivity index (χ3v) is 3.12. The lowest BCUT2D eigenvalue weighted by molar-refractivity contribution is 0.102. The van der Waals surface area contributed by atoms with E-state index in [9.17, 15) is 9.18 Å². The summed E-state index contributed by atoms with van der Waals surface area (Å²) >= 11 is 8.92. The van der Waals surface area contributed by atoms with E-state index in [1.807, 2.05) is 0 Å². The van der Waals surface area contributed by atoms with Gasteiger partial charge < -0.3 is 5.32 Å². The fraction of sp³-hybridized carbons (Fsp3) is 0. The number of rotatable bonds is 2. The van der Waals surface area contributed by atoms with Gasteiger partial charge in [0.25, 0.3) is 5.91 Å². The van der Waals surface area contributed by atoms with Gasteiger partial charge in [-0.3, -0.25) is 9.78 Å². The van der Waals surface area contributed by atoms with Gasteiger partial charge in [0.05, 0.1) is 15.2 Å². The minimum Gasteiger partial charge on any atom is -0.321 e. The highest BCUT2D eigenvalue weighted by molar-refractivity contribution is 9.10. The monoisotopic (exact) mass is 328 g/mol. The summed E-state index contributed by atoms with van der Waals surface area (Å²) in [5.41, 5.74) is 0.642. The van der Waals surface area contributed by atoms with Crippen LogP contribution in [0.25, 0.3) is 0 Å². The average Bonchev–Trinajstić information content (AvgIpc) is 2.37.